The van der Waals surface area contributed by atoms with Crippen molar-refractivity contribution in [2.75, 3.05) is 32.8 Å². The SMILES string of the molecule is OCCC#Cc1ccc(OCCN2CC(O)C(O)C2)cc1. The van der Waals surface area contributed by atoms with Gasteiger partial charge in [0.1, 0.15) is 12.4 Å². The van der Waals surface area contributed by atoms with Crippen molar-refractivity contribution in [3.05, 3.63) is 29.8 Å². The van der Waals surface area contributed by atoms with Gasteiger partial charge in [0, 0.05) is 31.6 Å². The number of nitrogens with zero attached hydrogens (tertiary/aromatic N) is 1. The van der Waals surface area contributed by atoms with Crippen molar-refractivity contribution in [3.8, 4) is 17.6 Å². The van der Waals surface area contributed by atoms with E-state index in [0.29, 0.717) is 32.7 Å². The first-order valence-electron chi connectivity index (χ1n) is 7.10. The number of rotatable bonds is 5. The molecule has 0 radical (unpaired) electrons. The summed E-state index contributed by atoms with van der Waals surface area (Å²) in [6.07, 6.45) is -0.824. The summed E-state index contributed by atoms with van der Waals surface area (Å²) in [4.78, 5) is 1.98. The Bertz CT molecular complexity index is 481. The molecule has 2 rings (SSSR count). The third kappa shape index (κ3) is 5.03. The van der Waals surface area contributed by atoms with Crippen LogP contribution in [0.2, 0.25) is 0 Å². The van der Waals surface area contributed by atoms with Crippen LogP contribution in [0.5, 0.6) is 5.75 Å². The second kappa shape index (κ2) is 8.01. The van der Waals surface area contributed by atoms with Crippen molar-refractivity contribution in [3.63, 3.8) is 0 Å². The van der Waals surface area contributed by atoms with Gasteiger partial charge in [0.25, 0.3) is 0 Å². The minimum absolute atomic E-state index is 0.0775. The van der Waals surface area contributed by atoms with Crippen LogP contribution < -0.4 is 4.74 Å². The van der Waals surface area contributed by atoms with Crippen LogP contribution in [0.1, 0.15) is 12.0 Å². The molecule has 3 N–H and O–H groups in total. The number of hydrogen-bond donors (Lipinski definition) is 3. The lowest BCUT2D eigenvalue weighted by Gasteiger charge is -2.15. The number of likely N-dealkylation sites (tertiary alicyclic amines) is 1. The van der Waals surface area contributed by atoms with Gasteiger partial charge in [-0.25, -0.2) is 0 Å². The summed E-state index contributed by atoms with van der Waals surface area (Å²) in [6.45, 7) is 2.24. The zero-order chi connectivity index (χ0) is 15.1. The molecule has 5 heteroatoms. The fourth-order valence-corrected chi connectivity index (χ4v) is 2.18. The van der Waals surface area contributed by atoms with Crippen LogP contribution in [-0.4, -0.2) is 65.3 Å². The quantitative estimate of drug-likeness (QED) is 0.657. The van der Waals surface area contributed by atoms with Crippen LogP contribution in [-0.2, 0) is 0 Å². The molecular formula is C16H21NO4. The van der Waals surface area contributed by atoms with Crippen LogP contribution in [0.3, 0.4) is 0 Å². The van der Waals surface area contributed by atoms with E-state index in [1.54, 1.807) is 0 Å². The van der Waals surface area contributed by atoms with E-state index in [1.807, 2.05) is 29.2 Å². The van der Waals surface area contributed by atoms with Crippen molar-refractivity contribution >= 4 is 0 Å². The fraction of sp³-hybridized carbons (Fsp3) is 0.500. The summed E-state index contributed by atoms with van der Waals surface area (Å²) < 4.78 is 5.63. The molecule has 0 amide bonds. The minimum Gasteiger partial charge on any atom is -0.492 e. The maximum atomic E-state index is 9.44. The first-order chi connectivity index (χ1) is 10.2. The lowest BCUT2D eigenvalue weighted by molar-refractivity contribution is 0.0572. The van der Waals surface area contributed by atoms with Crippen LogP contribution in [0, 0.1) is 11.8 Å². The largest absolute Gasteiger partial charge is 0.492 e. The maximum absolute atomic E-state index is 9.44. The Hall–Kier alpha value is -1.58. The Balaban J connectivity index is 1.73. The Morgan fingerprint density at radius 3 is 2.43 bits per heavy atom. The summed E-state index contributed by atoms with van der Waals surface area (Å²) in [5.74, 6) is 6.59. The lowest BCUT2D eigenvalue weighted by atomic mass is 10.2. The predicted octanol–water partition coefficient (Wildman–Crippen LogP) is -0.163. The van der Waals surface area contributed by atoms with Crippen molar-refractivity contribution in [2.24, 2.45) is 0 Å². The van der Waals surface area contributed by atoms with Crippen LogP contribution in [0.4, 0.5) is 0 Å². The molecule has 1 aliphatic heterocycles. The maximum Gasteiger partial charge on any atom is 0.119 e. The molecule has 5 nitrogen and oxygen atoms in total. The van der Waals surface area contributed by atoms with Gasteiger partial charge in [-0.15, -0.1) is 0 Å². The molecule has 21 heavy (non-hydrogen) atoms. The molecule has 0 spiro atoms. The molecular weight excluding hydrogens is 270 g/mol. The van der Waals surface area contributed by atoms with E-state index in [-0.39, 0.29) is 6.61 Å². The van der Waals surface area contributed by atoms with Gasteiger partial charge < -0.3 is 20.1 Å². The Kier molecular flexibility index (Phi) is 6.03. The molecule has 114 valence electrons. The summed E-state index contributed by atoms with van der Waals surface area (Å²) in [5, 5.41) is 27.5. The first kappa shape index (κ1) is 15.8. The highest BCUT2D eigenvalue weighted by Crippen LogP contribution is 2.13. The van der Waals surface area contributed by atoms with Gasteiger partial charge in [-0.1, -0.05) is 11.8 Å². The average molecular weight is 291 g/mol. The molecule has 2 atom stereocenters. The van der Waals surface area contributed by atoms with Gasteiger partial charge in [0.05, 0.1) is 18.8 Å². The van der Waals surface area contributed by atoms with Gasteiger partial charge in [0.2, 0.25) is 0 Å². The number of aliphatic hydroxyl groups is 3. The molecule has 1 fully saturated rings. The van der Waals surface area contributed by atoms with E-state index < -0.39 is 12.2 Å². The second-order valence-electron chi connectivity index (χ2n) is 5.04. The molecule has 1 aromatic carbocycles. The molecule has 1 saturated heterocycles. The summed E-state index contributed by atoms with van der Waals surface area (Å²) in [7, 11) is 0. The molecule has 0 aromatic heterocycles. The van der Waals surface area contributed by atoms with Crippen molar-refractivity contribution in [1.29, 1.82) is 0 Å². The summed E-state index contributed by atoms with van der Waals surface area (Å²) in [5.41, 5.74) is 0.890. The van der Waals surface area contributed by atoms with E-state index in [0.717, 1.165) is 11.3 Å². The smallest absolute Gasteiger partial charge is 0.119 e. The van der Waals surface area contributed by atoms with Crippen molar-refractivity contribution < 1.29 is 20.1 Å². The van der Waals surface area contributed by atoms with Gasteiger partial charge >= 0.3 is 0 Å². The highest BCUT2D eigenvalue weighted by Gasteiger charge is 2.28. The molecule has 1 aromatic rings. The summed E-state index contributed by atoms with van der Waals surface area (Å²) >= 11 is 0. The van der Waals surface area contributed by atoms with Crippen LogP contribution >= 0.6 is 0 Å². The van der Waals surface area contributed by atoms with Gasteiger partial charge in [0.15, 0.2) is 0 Å². The zero-order valence-electron chi connectivity index (χ0n) is 11.9. The predicted molar refractivity (Wildman–Crippen MR) is 79.0 cm³/mol. The van der Waals surface area contributed by atoms with Crippen molar-refractivity contribution in [1.82, 2.24) is 4.90 Å². The van der Waals surface area contributed by atoms with Crippen molar-refractivity contribution in [2.45, 2.75) is 18.6 Å². The zero-order valence-corrected chi connectivity index (χ0v) is 11.9. The molecule has 1 heterocycles. The van der Waals surface area contributed by atoms with E-state index in [1.165, 1.54) is 0 Å². The Morgan fingerprint density at radius 2 is 1.81 bits per heavy atom. The van der Waals surface area contributed by atoms with E-state index in [2.05, 4.69) is 11.8 Å². The lowest BCUT2D eigenvalue weighted by Crippen LogP contribution is -2.27. The second-order valence-corrected chi connectivity index (χ2v) is 5.04. The van der Waals surface area contributed by atoms with E-state index in [9.17, 15) is 10.2 Å². The van der Waals surface area contributed by atoms with Crippen LogP contribution in [0.25, 0.3) is 0 Å². The van der Waals surface area contributed by atoms with E-state index >= 15 is 0 Å². The molecule has 0 aliphatic carbocycles. The van der Waals surface area contributed by atoms with Gasteiger partial charge in [-0.05, 0) is 24.3 Å². The molecule has 0 saturated carbocycles. The number of benzene rings is 1. The fourth-order valence-electron chi connectivity index (χ4n) is 2.18. The summed E-state index contributed by atoms with van der Waals surface area (Å²) in [6, 6.07) is 7.47. The molecule has 0 bridgehead atoms. The third-order valence-electron chi connectivity index (χ3n) is 3.33. The topological polar surface area (TPSA) is 73.2 Å². The van der Waals surface area contributed by atoms with E-state index in [4.69, 9.17) is 9.84 Å². The number of aliphatic hydroxyl groups excluding tert-OH is 3. The Morgan fingerprint density at radius 1 is 1.14 bits per heavy atom. The number of hydrogen-bond acceptors (Lipinski definition) is 5. The Labute approximate surface area is 124 Å². The number of ether oxygens (including phenoxy) is 1. The third-order valence-corrected chi connectivity index (χ3v) is 3.33. The molecule has 2 unspecified atom stereocenters. The standard InChI is InChI=1S/C16H21NO4/c18-9-2-1-3-13-4-6-14(7-5-13)21-10-8-17-11-15(19)16(20)12-17/h4-7,15-16,18-20H,2,8-12H2. The highest BCUT2D eigenvalue weighted by atomic mass is 16.5. The minimum atomic E-state index is -0.651. The monoisotopic (exact) mass is 291 g/mol. The van der Waals surface area contributed by atoms with Gasteiger partial charge in [-0.3, -0.25) is 4.90 Å². The number of β-amino-alcohol motifs (C(OH)–C–C–N with tert-alkyl or cyclic N) is 2. The van der Waals surface area contributed by atoms with Crippen LogP contribution in [0.15, 0.2) is 24.3 Å². The first-order valence-corrected chi connectivity index (χ1v) is 7.10. The highest BCUT2D eigenvalue weighted by molar-refractivity contribution is 5.38. The molecule has 1 aliphatic rings. The average Bonchev–Trinajstić information content (AvgIpc) is 2.80. The van der Waals surface area contributed by atoms with Gasteiger partial charge in [-0.2, -0.15) is 0 Å². The normalized spacial score (nSPS) is 21.9.